The van der Waals surface area contributed by atoms with Gasteiger partial charge < -0.3 is 19.5 Å². The zero-order chi connectivity index (χ0) is 23.8. The molecule has 1 aromatic heterocycles. The molecule has 0 radical (unpaired) electrons. The van der Waals surface area contributed by atoms with Crippen molar-refractivity contribution in [3.8, 4) is 22.9 Å². The Hall–Kier alpha value is -3.33. The zero-order valence-corrected chi connectivity index (χ0v) is 19.9. The molecule has 0 aliphatic rings. The molecule has 10 heteroatoms. The highest BCUT2D eigenvalue weighted by Crippen LogP contribution is 2.32. The van der Waals surface area contributed by atoms with E-state index in [1.807, 2.05) is 25.1 Å². The first-order chi connectivity index (χ1) is 16.0. The fourth-order valence-corrected chi connectivity index (χ4v) is 3.55. The molecule has 3 aromatic rings. The molecule has 9 nitrogen and oxygen atoms in total. The lowest BCUT2D eigenvalue weighted by atomic mass is 10.1. The Bertz CT molecular complexity index is 1070. The molecule has 0 aliphatic carbocycles. The van der Waals surface area contributed by atoms with E-state index in [-0.39, 0.29) is 11.9 Å². The van der Waals surface area contributed by atoms with Gasteiger partial charge in [-0.3, -0.25) is 4.79 Å². The second-order valence-electron chi connectivity index (χ2n) is 7.42. The van der Waals surface area contributed by atoms with Gasteiger partial charge in [0.05, 0.1) is 43.1 Å². The molecular formula is C23H28ClN5O4. The first-order valence-corrected chi connectivity index (χ1v) is 11.1. The summed E-state index contributed by atoms with van der Waals surface area (Å²) in [6.45, 7) is 4.67. The Morgan fingerprint density at radius 1 is 1.12 bits per heavy atom. The highest BCUT2D eigenvalue weighted by Gasteiger charge is 2.20. The maximum absolute atomic E-state index is 13.0. The molecule has 2 aromatic carbocycles. The number of nitrogens with one attached hydrogen (secondary N) is 1. The van der Waals surface area contributed by atoms with Gasteiger partial charge in [0, 0.05) is 6.07 Å². The van der Waals surface area contributed by atoms with Crippen molar-refractivity contribution < 1.29 is 19.0 Å². The van der Waals surface area contributed by atoms with Gasteiger partial charge in [0.25, 0.3) is 5.91 Å². The molecule has 1 unspecified atom stereocenters. The second-order valence-corrected chi connectivity index (χ2v) is 7.83. The number of aromatic nitrogens is 4. The summed E-state index contributed by atoms with van der Waals surface area (Å²) < 4.78 is 18.1. The standard InChI is InChI=1S/C23H28ClN5O4/c1-5-6-7-10-33-20-9-8-16(11-22(20)32-4)15(2)26-23(30)17-12-18(24)19(13-21(17)31-3)29-14-25-27-28-29/h8-9,11-15H,5-7,10H2,1-4H3,(H,26,30). The number of hydrogen-bond donors (Lipinski definition) is 1. The van der Waals surface area contributed by atoms with E-state index < -0.39 is 0 Å². The number of ether oxygens (including phenoxy) is 3. The molecule has 176 valence electrons. The lowest BCUT2D eigenvalue weighted by molar-refractivity contribution is 0.0936. The van der Waals surface area contributed by atoms with Gasteiger partial charge >= 0.3 is 0 Å². The molecule has 1 N–H and O–H groups in total. The van der Waals surface area contributed by atoms with E-state index in [0.29, 0.717) is 40.1 Å². The van der Waals surface area contributed by atoms with Crippen LogP contribution in [0.1, 0.15) is 55.1 Å². The number of halogens is 1. The first kappa shape index (κ1) is 24.3. The summed E-state index contributed by atoms with van der Waals surface area (Å²) in [6, 6.07) is 8.49. The van der Waals surface area contributed by atoms with Crippen LogP contribution in [0.15, 0.2) is 36.7 Å². The Balaban J connectivity index is 1.75. The minimum atomic E-state index is -0.330. The minimum Gasteiger partial charge on any atom is -0.496 e. The number of unbranched alkanes of at least 4 members (excludes halogenated alkanes) is 2. The van der Waals surface area contributed by atoms with Crippen molar-refractivity contribution in [1.29, 1.82) is 0 Å². The average molecular weight is 474 g/mol. The SMILES string of the molecule is CCCCCOc1ccc(C(C)NC(=O)c2cc(Cl)c(-n3cnnn3)cc2OC)cc1OC. The average Bonchev–Trinajstić information content (AvgIpc) is 3.36. The molecule has 0 fully saturated rings. The van der Waals surface area contributed by atoms with Crippen molar-refractivity contribution >= 4 is 17.5 Å². The van der Waals surface area contributed by atoms with Crippen molar-refractivity contribution in [1.82, 2.24) is 25.5 Å². The normalized spacial score (nSPS) is 11.7. The van der Waals surface area contributed by atoms with Gasteiger partial charge in [-0.05, 0) is 47.5 Å². The Morgan fingerprint density at radius 2 is 1.91 bits per heavy atom. The van der Waals surface area contributed by atoms with Crippen LogP contribution in [0.3, 0.4) is 0 Å². The topological polar surface area (TPSA) is 100 Å². The Kier molecular flexibility index (Phi) is 8.48. The third-order valence-electron chi connectivity index (χ3n) is 5.15. The Morgan fingerprint density at radius 3 is 2.58 bits per heavy atom. The molecule has 1 amide bonds. The monoisotopic (exact) mass is 473 g/mol. The van der Waals surface area contributed by atoms with E-state index in [4.69, 9.17) is 25.8 Å². The summed E-state index contributed by atoms with van der Waals surface area (Å²) in [7, 11) is 3.08. The first-order valence-electron chi connectivity index (χ1n) is 10.7. The number of rotatable bonds is 11. The van der Waals surface area contributed by atoms with Crippen LogP contribution in [0.4, 0.5) is 0 Å². The van der Waals surface area contributed by atoms with Crippen LogP contribution in [0.2, 0.25) is 5.02 Å². The number of carbonyl (C=O) groups is 1. The second kappa shape index (κ2) is 11.5. The van der Waals surface area contributed by atoms with Gasteiger partial charge in [-0.1, -0.05) is 37.4 Å². The van der Waals surface area contributed by atoms with Crippen molar-refractivity contribution in [3.05, 3.63) is 52.8 Å². The van der Waals surface area contributed by atoms with Gasteiger partial charge in [0.15, 0.2) is 11.5 Å². The smallest absolute Gasteiger partial charge is 0.255 e. The van der Waals surface area contributed by atoms with Gasteiger partial charge in [-0.2, -0.15) is 4.68 Å². The molecule has 0 saturated heterocycles. The number of carbonyl (C=O) groups excluding carboxylic acids is 1. The van der Waals surface area contributed by atoms with Crippen LogP contribution in [0.25, 0.3) is 5.69 Å². The molecule has 33 heavy (non-hydrogen) atoms. The number of tetrazole rings is 1. The van der Waals surface area contributed by atoms with Gasteiger partial charge in [-0.25, -0.2) is 0 Å². The lowest BCUT2D eigenvalue weighted by Gasteiger charge is -2.18. The predicted molar refractivity (Wildman–Crippen MR) is 125 cm³/mol. The minimum absolute atomic E-state index is 0.300. The van der Waals surface area contributed by atoms with Crippen molar-refractivity contribution in [3.63, 3.8) is 0 Å². The van der Waals surface area contributed by atoms with Crippen LogP contribution in [0.5, 0.6) is 17.2 Å². The van der Waals surface area contributed by atoms with E-state index in [2.05, 4.69) is 27.8 Å². The quantitative estimate of drug-likeness (QED) is 0.412. The molecule has 0 aliphatic heterocycles. The number of methoxy groups -OCH3 is 2. The predicted octanol–water partition coefficient (Wildman–Crippen LogP) is 4.39. The van der Waals surface area contributed by atoms with Crippen LogP contribution in [0, 0.1) is 0 Å². The number of nitrogens with zero attached hydrogens (tertiary/aromatic N) is 4. The summed E-state index contributed by atoms with van der Waals surface area (Å²) in [5.74, 6) is 1.32. The summed E-state index contributed by atoms with van der Waals surface area (Å²) in [6.07, 6.45) is 4.65. The highest BCUT2D eigenvalue weighted by atomic mass is 35.5. The van der Waals surface area contributed by atoms with Crippen LogP contribution >= 0.6 is 11.6 Å². The third-order valence-corrected chi connectivity index (χ3v) is 5.45. The van der Waals surface area contributed by atoms with Gasteiger partial charge in [-0.15, -0.1) is 5.10 Å². The summed E-state index contributed by atoms with van der Waals surface area (Å²) >= 11 is 6.38. The molecule has 3 rings (SSSR count). The van der Waals surface area contributed by atoms with Gasteiger partial charge in [0.2, 0.25) is 0 Å². The van der Waals surface area contributed by atoms with Crippen LogP contribution in [-0.4, -0.2) is 46.9 Å². The molecule has 1 atom stereocenters. The van der Waals surface area contributed by atoms with E-state index in [0.717, 1.165) is 24.8 Å². The maximum Gasteiger partial charge on any atom is 0.255 e. The fraction of sp³-hybridized carbons (Fsp3) is 0.391. The number of amides is 1. The highest BCUT2D eigenvalue weighted by molar-refractivity contribution is 6.33. The largest absolute Gasteiger partial charge is 0.496 e. The maximum atomic E-state index is 13.0. The molecule has 0 saturated carbocycles. The van der Waals surface area contributed by atoms with Crippen molar-refractivity contribution in [2.24, 2.45) is 0 Å². The zero-order valence-electron chi connectivity index (χ0n) is 19.2. The van der Waals surface area contributed by atoms with Crippen LogP contribution in [-0.2, 0) is 0 Å². The van der Waals surface area contributed by atoms with Crippen LogP contribution < -0.4 is 19.5 Å². The van der Waals surface area contributed by atoms with E-state index >= 15 is 0 Å². The van der Waals surface area contributed by atoms with E-state index in [1.165, 1.54) is 24.2 Å². The lowest BCUT2D eigenvalue weighted by Crippen LogP contribution is -2.27. The third kappa shape index (κ3) is 5.92. The fourth-order valence-electron chi connectivity index (χ4n) is 3.30. The number of benzene rings is 2. The summed E-state index contributed by atoms with van der Waals surface area (Å²) in [4.78, 5) is 13.0. The summed E-state index contributed by atoms with van der Waals surface area (Å²) in [5, 5.41) is 14.3. The molecule has 0 bridgehead atoms. The molecular weight excluding hydrogens is 446 g/mol. The van der Waals surface area contributed by atoms with Gasteiger partial charge in [0.1, 0.15) is 12.1 Å². The molecule has 0 spiro atoms. The van der Waals surface area contributed by atoms with Crippen molar-refractivity contribution in [2.75, 3.05) is 20.8 Å². The van der Waals surface area contributed by atoms with E-state index in [1.54, 1.807) is 13.2 Å². The Labute approximate surface area is 198 Å². The van der Waals surface area contributed by atoms with E-state index in [9.17, 15) is 4.79 Å². The molecule has 1 heterocycles. The van der Waals surface area contributed by atoms with Crippen molar-refractivity contribution in [2.45, 2.75) is 39.2 Å². The number of hydrogen-bond acceptors (Lipinski definition) is 7. The summed E-state index contributed by atoms with van der Waals surface area (Å²) in [5.41, 5.74) is 1.67.